The van der Waals surface area contributed by atoms with Crippen LogP contribution in [0.15, 0.2) is 30.3 Å². The summed E-state index contributed by atoms with van der Waals surface area (Å²) in [4.78, 5) is 0. The fourth-order valence-electron chi connectivity index (χ4n) is 1.60. The summed E-state index contributed by atoms with van der Waals surface area (Å²) in [5.41, 5.74) is 7.22. The van der Waals surface area contributed by atoms with Crippen molar-refractivity contribution in [2.24, 2.45) is 5.73 Å². The van der Waals surface area contributed by atoms with Crippen molar-refractivity contribution in [1.82, 2.24) is 5.32 Å². The molecular formula is C13H22N2. The summed E-state index contributed by atoms with van der Waals surface area (Å²) in [5.74, 6) is 0. The number of hydrogen-bond donors (Lipinski definition) is 2. The Balaban J connectivity index is 2.52. The normalized spacial score (nSPS) is 13.9. The molecular weight excluding hydrogens is 184 g/mol. The Morgan fingerprint density at radius 2 is 1.87 bits per heavy atom. The average Bonchev–Trinajstić information content (AvgIpc) is 2.18. The number of nitrogens with one attached hydrogen (secondary N) is 1. The van der Waals surface area contributed by atoms with Gasteiger partial charge in [-0.3, -0.25) is 0 Å². The molecule has 0 spiro atoms. The van der Waals surface area contributed by atoms with Gasteiger partial charge in [-0.1, -0.05) is 44.2 Å². The molecule has 0 aliphatic heterocycles. The van der Waals surface area contributed by atoms with Gasteiger partial charge >= 0.3 is 0 Å². The molecule has 1 unspecified atom stereocenters. The Kier molecular flexibility index (Phi) is 4.30. The summed E-state index contributed by atoms with van der Waals surface area (Å²) >= 11 is 0. The molecule has 0 saturated carbocycles. The van der Waals surface area contributed by atoms with Gasteiger partial charge in [0, 0.05) is 24.5 Å². The molecule has 84 valence electrons. The second-order valence-corrected chi connectivity index (χ2v) is 4.86. The second kappa shape index (κ2) is 5.29. The third kappa shape index (κ3) is 4.02. The first-order valence-corrected chi connectivity index (χ1v) is 5.54. The van der Waals surface area contributed by atoms with Crippen LogP contribution in [0.3, 0.4) is 0 Å². The molecule has 0 saturated heterocycles. The van der Waals surface area contributed by atoms with Crippen LogP contribution in [0.25, 0.3) is 0 Å². The van der Waals surface area contributed by atoms with Gasteiger partial charge in [-0.05, 0) is 12.5 Å². The standard InChI is InChI=1S/C13H22N2/c1-11(14)9-15-10-13(2,3)12-7-5-4-6-8-12/h4-8,11,15H,9-10,14H2,1-3H3. The van der Waals surface area contributed by atoms with Gasteiger partial charge in [-0.15, -0.1) is 0 Å². The van der Waals surface area contributed by atoms with Crippen LogP contribution < -0.4 is 11.1 Å². The molecule has 0 fully saturated rings. The van der Waals surface area contributed by atoms with Gasteiger partial charge in [0.25, 0.3) is 0 Å². The first-order valence-electron chi connectivity index (χ1n) is 5.54. The summed E-state index contributed by atoms with van der Waals surface area (Å²) in [7, 11) is 0. The molecule has 2 nitrogen and oxygen atoms in total. The van der Waals surface area contributed by atoms with Crippen LogP contribution >= 0.6 is 0 Å². The highest BCUT2D eigenvalue weighted by Gasteiger charge is 2.19. The largest absolute Gasteiger partial charge is 0.327 e. The highest BCUT2D eigenvalue weighted by Crippen LogP contribution is 2.21. The minimum atomic E-state index is 0.163. The summed E-state index contributed by atoms with van der Waals surface area (Å²) in [6, 6.07) is 10.8. The van der Waals surface area contributed by atoms with Crippen molar-refractivity contribution >= 4 is 0 Å². The molecule has 1 atom stereocenters. The molecule has 3 N–H and O–H groups in total. The molecule has 15 heavy (non-hydrogen) atoms. The highest BCUT2D eigenvalue weighted by molar-refractivity contribution is 5.23. The smallest absolute Gasteiger partial charge is 0.0136 e. The van der Waals surface area contributed by atoms with Crippen LogP contribution in [-0.2, 0) is 5.41 Å². The maximum absolute atomic E-state index is 5.70. The Bertz CT molecular complexity index is 278. The summed E-state index contributed by atoms with van der Waals surface area (Å²) in [5, 5.41) is 3.40. The van der Waals surface area contributed by atoms with Crippen molar-refractivity contribution in [2.75, 3.05) is 13.1 Å². The van der Waals surface area contributed by atoms with Crippen molar-refractivity contribution in [3.05, 3.63) is 35.9 Å². The van der Waals surface area contributed by atoms with Crippen LogP contribution in [0.1, 0.15) is 26.3 Å². The predicted molar refractivity (Wildman–Crippen MR) is 66.0 cm³/mol. The van der Waals surface area contributed by atoms with Gasteiger partial charge in [0.2, 0.25) is 0 Å². The van der Waals surface area contributed by atoms with Gasteiger partial charge < -0.3 is 11.1 Å². The van der Waals surface area contributed by atoms with Crippen LogP contribution in [0, 0.1) is 0 Å². The average molecular weight is 206 g/mol. The lowest BCUT2D eigenvalue weighted by Gasteiger charge is -2.26. The number of rotatable bonds is 5. The van der Waals surface area contributed by atoms with Crippen LogP contribution in [0.2, 0.25) is 0 Å². The van der Waals surface area contributed by atoms with E-state index in [9.17, 15) is 0 Å². The minimum absolute atomic E-state index is 0.163. The van der Waals surface area contributed by atoms with Gasteiger partial charge in [-0.25, -0.2) is 0 Å². The maximum atomic E-state index is 5.70. The van der Waals surface area contributed by atoms with Gasteiger partial charge in [-0.2, -0.15) is 0 Å². The van der Waals surface area contributed by atoms with Crippen molar-refractivity contribution in [1.29, 1.82) is 0 Å². The number of nitrogens with two attached hydrogens (primary N) is 1. The third-order valence-electron chi connectivity index (χ3n) is 2.59. The van der Waals surface area contributed by atoms with Crippen molar-refractivity contribution in [3.63, 3.8) is 0 Å². The van der Waals surface area contributed by atoms with Crippen LogP contribution in [0.5, 0.6) is 0 Å². The summed E-state index contributed by atoms with van der Waals surface area (Å²) in [6.45, 7) is 8.34. The van der Waals surface area contributed by atoms with E-state index in [1.165, 1.54) is 5.56 Å². The summed E-state index contributed by atoms with van der Waals surface area (Å²) < 4.78 is 0. The molecule has 1 rings (SSSR count). The van der Waals surface area contributed by atoms with Gasteiger partial charge in [0.1, 0.15) is 0 Å². The van der Waals surface area contributed by atoms with E-state index in [4.69, 9.17) is 5.73 Å². The van der Waals surface area contributed by atoms with Crippen LogP contribution in [0.4, 0.5) is 0 Å². The molecule has 0 amide bonds. The Hall–Kier alpha value is -0.860. The monoisotopic (exact) mass is 206 g/mol. The van der Waals surface area contributed by atoms with E-state index in [0.717, 1.165) is 13.1 Å². The molecule has 0 bridgehead atoms. The first-order chi connectivity index (χ1) is 7.02. The molecule has 1 aromatic carbocycles. The van der Waals surface area contributed by atoms with Crippen molar-refractivity contribution in [3.8, 4) is 0 Å². The Morgan fingerprint density at radius 3 is 2.40 bits per heavy atom. The van der Waals surface area contributed by atoms with Crippen LogP contribution in [-0.4, -0.2) is 19.1 Å². The third-order valence-corrected chi connectivity index (χ3v) is 2.59. The molecule has 0 aliphatic rings. The molecule has 1 aromatic rings. The quantitative estimate of drug-likeness (QED) is 0.772. The molecule has 0 aliphatic carbocycles. The maximum Gasteiger partial charge on any atom is 0.0136 e. The topological polar surface area (TPSA) is 38.0 Å². The highest BCUT2D eigenvalue weighted by atomic mass is 14.9. The predicted octanol–water partition coefficient (Wildman–Crippen LogP) is 1.90. The van der Waals surface area contributed by atoms with E-state index in [1.54, 1.807) is 0 Å². The van der Waals surface area contributed by atoms with Gasteiger partial charge in [0.05, 0.1) is 0 Å². The zero-order valence-electron chi connectivity index (χ0n) is 9.96. The van der Waals surface area contributed by atoms with Crippen molar-refractivity contribution < 1.29 is 0 Å². The van der Waals surface area contributed by atoms with Gasteiger partial charge in [0.15, 0.2) is 0 Å². The number of benzene rings is 1. The summed E-state index contributed by atoms with van der Waals surface area (Å²) in [6.07, 6.45) is 0. The van der Waals surface area contributed by atoms with Crippen molar-refractivity contribution in [2.45, 2.75) is 32.2 Å². The number of hydrogen-bond acceptors (Lipinski definition) is 2. The van der Waals surface area contributed by atoms with E-state index < -0.39 is 0 Å². The molecule has 0 aromatic heterocycles. The minimum Gasteiger partial charge on any atom is -0.327 e. The zero-order chi connectivity index (χ0) is 11.3. The lowest BCUT2D eigenvalue weighted by atomic mass is 9.84. The molecule has 2 heteroatoms. The first kappa shape index (κ1) is 12.2. The fraction of sp³-hybridized carbons (Fsp3) is 0.538. The molecule has 0 radical (unpaired) electrons. The second-order valence-electron chi connectivity index (χ2n) is 4.86. The zero-order valence-corrected chi connectivity index (χ0v) is 9.96. The lowest BCUT2D eigenvalue weighted by molar-refractivity contribution is 0.458. The van der Waals surface area contributed by atoms with E-state index in [1.807, 2.05) is 6.92 Å². The van der Waals surface area contributed by atoms with E-state index in [-0.39, 0.29) is 11.5 Å². The van der Waals surface area contributed by atoms with E-state index in [2.05, 4.69) is 49.5 Å². The van der Waals surface area contributed by atoms with E-state index in [0.29, 0.717) is 0 Å². The fourth-order valence-corrected chi connectivity index (χ4v) is 1.60. The Morgan fingerprint density at radius 1 is 1.27 bits per heavy atom. The Labute approximate surface area is 92.9 Å². The van der Waals surface area contributed by atoms with E-state index >= 15 is 0 Å². The lowest BCUT2D eigenvalue weighted by Crippen LogP contribution is -2.38. The molecule has 0 heterocycles. The SMILES string of the molecule is CC(N)CNCC(C)(C)c1ccccc1.